The molecular formula is C11H13Cl2NO. The highest BCUT2D eigenvalue weighted by Crippen LogP contribution is 2.24. The number of halogens is 2. The zero-order valence-electron chi connectivity index (χ0n) is 8.47. The predicted molar refractivity (Wildman–Crippen MR) is 63.6 cm³/mol. The Bertz CT molecular complexity index is 366. The van der Waals surface area contributed by atoms with Gasteiger partial charge in [-0.05, 0) is 31.2 Å². The van der Waals surface area contributed by atoms with E-state index in [0.29, 0.717) is 28.6 Å². The summed E-state index contributed by atoms with van der Waals surface area (Å²) >= 11 is 11.7. The van der Waals surface area contributed by atoms with E-state index in [4.69, 9.17) is 28.9 Å². The zero-order chi connectivity index (χ0) is 11.4. The summed E-state index contributed by atoms with van der Waals surface area (Å²) in [4.78, 5) is 11.9. The molecule has 1 unspecified atom stereocenters. The summed E-state index contributed by atoms with van der Waals surface area (Å²) in [5.74, 6) is -0.126. The van der Waals surface area contributed by atoms with Crippen molar-refractivity contribution in [3.8, 4) is 0 Å². The molecule has 1 aromatic carbocycles. The summed E-state index contributed by atoms with van der Waals surface area (Å²) in [5.41, 5.74) is 5.88. The lowest BCUT2D eigenvalue weighted by molar-refractivity contribution is 0.0925. The lowest BCUT2D eigenvalue weighted by atomic mass is 9.96. The molecule has 1 rings (SSSR count). The summed E-state index contributed by atoms with van der Waals surface area (Å²) in [6.07, 6.45) is 0.654. The van der Waals surface area contributed by atoms with Gasteiger partial charge in [-0.15, -0.1) is 0 Å². The van der Waals surface area contributed by atoms with Crippen LogP contribution in [0.2, 0.25) is 10.0 Å². The Balaban J connectivity index is 2.95. The standard InChI is InChI=1S/C11H13Cl2NO/c1-7(4-5-14)11(15)9-6-8(12)2-3-10(9)13/h2-3,6-7H,4-5,14H2,1H3. The van der Waals surface area contributed by atoms with Crippen LogP contribution in [0.15, 0.2) is 18.2 Å². The third-order valence-corrected chi connectivity index (χ3v) is 2.81. The second-order valence-corrected chi connectivity index (χ2v) is 4.31. The molecule has 0 aliphatic heterocycles. The fourth-order valence-electron chi connectivity index (χ4n) is 1.33. The summed E-state index contributed by atoms with van der Waals surface area (Å²) in [6, 6.07) is 4.89. The van der Waals surface area contributed by atoms with E-state index >= 15 is 0 Å². The second kappa shape index (κ2) is 5.50. The number of Topliss-reactive ketones (excluding diaryl/α,β-unsaturated/α-hetero) is 1. The van der Waals surface area contributed by atoms with Crippen molar-refractivity contribution in [3.05, 3.63) is 33.8 Å². The van der Waals surface area contributed by atoms with Crippen molar-refractivity contribution in [2.45, 2.75) is 13.3 Å². The van der Waals surface area contributed by atoms with Crippen LogP contribution < -0.4 is 5.73 Å². The van der Waals surface area contributed by atoms with Crippen molar-refractivity contribution in [1.29, 1.82) is 0 Å². The molecule has 82 valence electrons. The van der Waals surface area contributed by atoms with Gasteiger partial charge in [-0.25, -0.2) is 0 Å². The lowest BCUT2D eigenvalue weighted by Gasteiger charge is -2.10. The first-order valence-electron chi connectivity index (χ1n) is 4.75. The molecule has 0 fully saturated rings. The highest BCUT2D eigenvalue weighted by molar-refractivity contribution is 6.36. The molecule has 0 spiro atoms. The summed E-state index contributed by atoms with van der Waals surface area (Å²) in [7, 11) is 0. The van der Waals surface area contributed by atoms with Crippen molar-refractivity contribution in [2.24, 2.45) is 11.7 Å². The number of ketones is 1. The third kappa shape index (κ3) is 3.20. The predicted octanol–water partition coefficient (Wildman–Crippen LogP) is 3.16. The number of carbonyl (C=O) groups excluding carboxylic acids is 1. The maximum absolute atomic E-state index is 11.9. The summed E-state index contributed by atoms with van der Waals surface area (Å²) in [5, 5.41) is 0.955. The van der Waals surface area contributed by atoms with E-state index in [9.17, 15) is 4.79 Å². The minimum atomic E-state index is -0.119. The van der Waals surface area contributed by atoms with Crippen molar-refractivity contribution >= 4 is 29.0 Å². The molecule has 1 aromatic rings. The molecule has 0 heterocycles. The van der Waals surface area contributed by atoms with Gasteiger partial charge in [0.2, 0.25) is 0 Å². The van der Waals surface area contributed by atoms with E-state index in [0.717, 1.165) is 0 Å². The molecule has 1 atom stereocenters. The van der Waals surface area contributed by atoms with Crippen LogP contribution in [0, 0.1) is 5.92 Å². The molecule has 0 bridgehead atoms. The molecule has 0 saturated carbocycles. The van der Waals surface area contributed by atoms with E-state index in [1.54, 1.807) is 18.2 Å². The molecule has 0 saturated heterocycles. The highest BCUT2D eigenvalue weighted by Gasteiger charge is 2.17. The van der Waals surface area contributed by atoms with E-state index in [1.807, 2.05) is 6.92 Å². The van der Waals surface area contributed by atoms with Crippen LogP contribution in [0.5, 0.6) is 0 Å². The number of rotatable bonds is 4. The van der Waals surface area contributed by atoms with Crippen molar-refractivity contribution in [1.82, 2.24) is 0 Å². The molecule has 0 aliphatic carbocycles. The van der Waals surface area contributed by atoms with Crippen LogP contribution in [0.1, 0.15) is 23.7 Å². The summed E-state index contributed by atoms with van der Waals surface area (Å²) in [6.45, 7) is 2.33. The van der Waals surface area contributed by atoms with Crippen LogP contribution in [-0.4, -0.2) is 12.3 Å². The Labute approximate surface area is 99.4 Å². The summed E-state index contributed by atoms with van der Waals surface area (Å²) < 4.78 is 0. The Morgan fingerprint density at radius 1 is 1.47 bits per heavy atom. The van der Waals surface area contributed by atoms with Crippen molar-refractivity contribution in [3.63, 3.8) is 0 Å². The maximum atomic E-state index is 11.9. The SMILES string of the molecule is CC(CCN)C(=O)c1cc(Cl)ccc1Cl. The van der Waals surface area contributed by atoms with E-state index < -0.39 is 0 Å². The van der Waals surface area contributed by atoms with Crippen molar-refractivity contribution < 1.29 is 4.79 Å². The first-order chi connectivity index (χ1) is 7.06. The number of nitrogens with two attached hydrogens (primary N) is 1. The molecule has 2 N–H and O–H groups in total. The van der Waals surface area contributed by atoms with Gasteiger partial charge in [0.1, 0.15) is 0 Å². The molecule has 2 nitrogen and oxygen atoms in total. The highest BCUT2D eigenvalue weighted by atomic mass is 35.5. The Morgan fingerprint density at radius 3 is 2.73 bits per heavy atom. The topological polar surface area (TPSA) is 43.1 Å². The third-order valence-electron chi connectivity index (χ3n) is 2.24. The average molecular weight is 246 g/mol. The Kier molecular flexibility index (Phi) is 4.58. The van der Waals surface area contributed by atoms with E-state index in [-0.39, 0.29) is 11.7 Å². The smallest absolute Gasteiger partial charge is 0.167 e. The molecule has 0 amide bonds. The first-order valence-corrected chi connectivity index (χ1v) is 5.51. The van der Waals surface area contributed by atoms with Gasteiger partial charge in [-0.1, -0.05) is 30.1 Å². The fraction of sp³-hybridized carbons (Fsp3) is 0.364. The molecule has 4 heteroatoms. The van der Waals surface area contributed by atoms with Crippen LogP contribution >= 0.6 is 23.2 Å². The van der Waals surface area contributed by atoms with Gasteiger partial charge < -0.3 is 5.73 Å². The van der Waals surface area contributed by atoms with Crippen LogP contribution in [-0.2, 0) is 0 Å². The van der Waals surface area contributed by atoms with Gasteiger partial charge in [0.05, 0.1) is 5.02 Å². The second-order valence-electron chi connectivity index (χ2n) is 3.47. The molecule has 15 heavy (non-hydrogen) atoms. The average Bonchev–Trinajstić information content (AvgIpc) is 2.21. The lowest BCUT2D eigenvalue weighted by Crippen LogP contribution is -2.16. The number of hydrogen-bond acceptors (Lipinski definition) is 2. The molecule has 0 aliphatic rings. The molecular weight excluding hydrogens is 233 g/mol. The first kappa shape index (κ1) is 12.5. The maximum Gasteiger partial charge on any atom is 0.167 e. The van der Waals surface area contributed by atoms with E-state index in [1.165, 1.54) is 0 Å². The number of carbonyl (C=O) groups is 1. The van der Waals surface area contributed by atoms with Gasteiger partial charge in [0, 0.05) is 16.5 Å². The van der Waals surface area contributed by atoms with E-state index in [2.05, 4.69) is 0 Å². The van der Waals surface area contributed by atoms with Gasteiger partial charge in [0.25, 0.3) is 0 Å². The Hall–Kier alpha value is -0.570. The van der Waals surface area contributed by atoms with Gasteiger partial charge in [-0.3, -0.25) is 4.79 Å². The number of hydrogen-bond donors (Lipinski definition) is 1. The minimum Gasteiger partial charge on any atom is -0.330 e. The quantitative estimate of drug-likeness (QED) is 0.829. The fourth-order valence-corrected chi connectivity index (χ4v) is 1.72. The molecule has 0 radical (unpaired) electrons. The zero-order valence-corrected chi connectivity index (χ0v) is 9.98. The normalized spacial score (nSPS) is 12.5. The van der Waals surface area contributed by atoms with Crippen LogP contribution in [0.3, 0.4) is 0 Å². The monoisotopic (exact) mass is 245 g/mol. The van der Waals surface area contributed by atoms with Crippen molar-refractivity contribution in [2.75, 3.05) is 6.54 Å². The largest absolute Gasteiger partial charge is 0.330 e. The van der Waals surface area contributed by atoms with Gasteiger partial charge >= 0.3 is 0 Å². The minimum absolute atomic E-state index is 0.00653. The van der Waals surface area contributed by atoms with Gasteiger partial charge in [0.15, 0.2) is 5.78 Å². The number of benzene rings is 1. The van der Waals surface area contributed by atoms with Crippen LogP contribution in [0.25, 0.3) is 0 Å². The van der Waals surface area contributed by atoms with Gasteiger partial charge in [-0.2, -0.15) is 0 Å². The van der Waals surface area contributed by atoms with Crippen LogP contribution in [0.4, 0.5) is 0 Å². The molecule has 0 aromatic heterocycles. The Morgan fingerprint density at radius 2 is 2.13 bits per heavy atom.